The molecular formula is C22H24N4O2. The molecule has 1 fully saturated rings. The van der Waals surface area contributed by atoms with Crippen molar-refractivity contribution < 1.29 is 9.53 Å². The van der Waals surface area contributed by atoms with Gasteiger partial charge in [-0.3, -0.25) is 14.8 Å². The summed E-state index contributed by atoms with van der Waals surface area (Å²) in [7, 11) is 0. The highest BCUT2D eigenvalue weighted by atomic mass is 16.5. The van der Waals surface area contributed by atoms with E-state index in [1.807, 2.05) is 60.7 Å². The quantitative estimate of drug-likeness (QED) is 0.694. The van der Waals surface area contributed by atoms with E-state index in [-0.39, 0.29) is 5.91 Å². The number of rotatable bonds is 6. The van der Waals surface area contributed by atoms with Crippen LogP contribution in [0.4, 0.5) is 0 Å². The zero-order chi connectivity index (χ0) is 19.2. The number of aromatic amines is 1. The van der Waals surface area contributed by atoms with Crippen LogP contribution in [0.5, 0.6) is 0 Å². The maximum atomic E-state index is 12.3. The lowest BCUT2D eigenvalue weighted by molar-refractivity contribution is 0.0383. The summed E-state index contributed by atoms with van der Waals surface area (Å²) in [5, 5.41) is 11.4. The van der Waals surface area contributed by atoms with Gasteiger partial charge in [0.1, 0.15) is 0 Å². The summed E-state index contributed by atoms with van der Waals surface area (Å²) in [5.74, 6) is -0.0397. The second kappa shape index (κ2) is 8.82. The zero-order valence-electron chi connectivity index (χ0n) is 15.7. The molecule has 2 N–H and O–H groups in total. The van der Waals surface area contributed by atoms with E-state index in [0.717, 1.165) is 55.0 Å². The molecule has 144 valence electrons. The Labute approximate surface area is 164 Å². The number of nitrogens with one attached hydrogen (secondary N) is 2. The number of carbonyl (C=O) groups is 1. The van der Waals surface area contributed by atoms with Gasteiger partial charge in [0.25, 0.3) is 5.91 Å². The minimum absolute atomic E-state index is 0.0397. The van der Waals surface area contributed by atoms with Gasteiger partial charge in [0, 0.05) is 37.1 Å². The summed E-state index contributed by atoms with van der Waals surface area (Å²) in [6.07, 6.45) is 3.99. The Morgan fingerprint density at radius 1 is 1.11 bits per heavy atom. The number of hydrogen-bond donors (Lipinski definition) is 2. The third-order valence-corrected chi connectivity index (χ3v) is 4.92. The van der Waals surface area contributed by atoms with Crippen LogP contribution in [0, 0.1) is 0 Å². The van der Waals surface area contributed by atoms with Crippen molar-refractivity contribution in [1.82, 2.24) is 20.4 Å². The lowest BCUT2D eigenvalue weighted by atomic mass is 10.1. The van der Waals surface area contributed by atoms with E-state index in [0.29, 0.717) is 12.1 Å². The van der Waals surface area contributed by atoms with Crippen LogP contribution in [0.1, 0.15) is 21.6 Å². The molecule has 1 saturated heterocycles. The number of aromatic nitrogens is 2. The Morgan fingerprint density at radius 3 is 2.71 bits per heavy atom. The predicted molar refractivity (Wildman–Crippen MR) is 111 cm³/mol. The normalized spacial score (nSPS) is 15.3. The van der Waals surface area contributed by atoms with Crippen LogP contribution in [0.25, 0.3) is 23.1 Å². The Balaban J connectivity index is 1.32. The van der Waals surface area contributed by atoms with E-state index in [1.165, 1.54) is 0 Å². The largest absolute Gasteiger partial charge is 0.379 e. The van der Waals surface area contributed by atoms with E-state index >= 15 is 0 Å². The van der Waals surface area contributed by atoms with Crippen molar-refractivity contribution in [2.24, 2.45) is 0 Å². The van der Waals surface area contributed by atoms with Crippen LogP contribution in [0.2, 0.25) is 0 Å². The highest BCUT2D eigenvalue weighted by Crippen LogP contribution is 2.17. The van der Waals surface area contributed by atoms with E-state index in [4.69, 9.17) is 4.74 Å². The average Bonchev–Trinajstić information content (AvgIpc) is 3.16. The van der Waals surface area contributed by atoms with Gasteiger partial charge in [0.05, 0.1) is 24.4 Å². The predicted octanol–water partition coefficient (Wildman–Crippen LogP) is 2.80. The Kier molecular flexibility index (Phi) is 5.80. The molecule has 0 spiro atoms. The monoisotopic (exact) mass is 376 g/mol. The summed E-state index contributed by atoms with van der Waals surface area (Å²) >= 11 is 0. The van der Waals surface area contributed by atoms with E-state index in [9.17, 15) is 4.79 Å². The Hall–Kier alpha value is -2.96. The van der Waals surface area contributed by atoms with Crippen LogP contribution >= 0.6 is 0 Å². The maximum absolute atomic E-state index is 12.3. The lowest BCUT2D eigenvalue weighted by Crippen LogP contribution is -2.41. The summed E-state index contributed by atoms with van der Waals surface area (Å²) in [4.78, 5) is 14.6. The smallest absolute Gasteiger partial charge is 0.251 e. The fourth-order valence-corrected chi connectivity index (χ4v) is 3.29. The number of amides is 1. The molecule has 1 aliphatic heterocycles. The van der Waals surface area contributed by atoms with E-state index in [1.54, 1.807) is 0 Å². The first-order valence-corrected chi connectivity index (χ1v) is 9.59. The molecule has 1 aliphatic rings. The first-order chi connectivity index (χ1) is 13.8. The van der Waals surface area contributed by atoms with Gasteiger partial charge in [0.2, 0.25) is 0 Å². The molecule has 0 saturated carbocycles. The van der Waals surface area contributed by atoms with Gasteiger partial charge in [-0.2, -0.15) is 5.10 Å². The number of benzene rings is 2. The minimum Gasteiger partial charge on any atom is -0.379 e. The molecule has 1 aromatic heterocycles. The molecule has 6 heteroatoms. The molecule has 2 aromatic carbocycles. The van der Waals surface area contributed by atoms with Crippen molar-refractivity contribution in [3.8, 4) is 0 Å². The lowest BCUT2D eigenvalue weighted by Gasteiger charge is -2.26. The van der Waals surface area contributed by atoms with Gasteiger partial charge < -0.3 is 10.1 Å². The van der Waals surface area contributed by atoms with Crippen molar-refractivity contribution >= 4 is 29.0 Å². The third kappa shape index (κ3) is 4.47. The number of morpholine rings is 1. The van der Waals surface area contributed by atoms with Crippen molar-refractivity contribution in [2.45, 2.75) is 0 Å². The molecule has 28 heavy (non-hydrogen) atoms. The first-order valence-electron chi connectivity index (χ1n) is 9.59. The second-order valence-electron chi connectivity index (χ2n) is 6.82. The number of carbonyl (C=O) groups excluding carboxylic acids is 1. The zero-order valence-corrected chi connectivity index (χ0v) is 15.7. The fraction of sp³-hybridized carbons (Fsp3) is 0.273. The van der Waals surface area contributed by atoms with Crippen LogP contribution in [0.15, 0.2) is 48.5 Å². The molecule has 2 heterocycles. The highest BCUT2D eigenvalue weighted by molar-refractivity contribution is 5.94. The van der Waals surface area contributed by atoms with Gasteiger partial charge in [-0.1, -0.05) is 36.4 Å². The molecule has 0 unspecified atom stereocenters. The van der Waals surface area contributed by atoms with Crippen molar-refractivity contribution in [3.05, 3.63) is 65.4 Å². The number of H-pyrrole nitrogens is 1. The van der Waals surface area contributed by atoms with Crippen LogP contribution in [0.3, 0.4) is 0 Å². The Morgan fingerprint density at radius 2 is 1.89 bits per heavy atom. The number of hydrogen-bond acceptors (Lipinski definition) is 4. The van der Waals surface area contributed by atoms with E-state index in [2.05, 4.69) is 20.4 Å². The summed E-state index contributed by atoms with van der Waals surface area (Å²) in [5.41, 5.74) is 3.62. The molecule has 0 aliphatic carbocycles. The number of para-hydroxylation sites is 1. The molecule has 0 bridgehead atoms. The highest BCUT2D eigenvalue weighted by Gasteiger charge is 2.10. The average molecular weight is 376 g/mol. The van der Waals surface area contributed by atoms with Gasteiger partial charge in [-0.15, -0.1) is 0 Å². The first kappa shape index (κ1) is 18.4. The fourth-order valence-electron chi connectivity index (χ4n) is 3.29. The number of fused-ring (bicyclic) bond motifs is 1. The number of ether oxygens (including phenoxy) is 1. The van der Waals surface area contributed by atoms with Crippen LogP contribution < -0.4 is 5.32 Å². The standard InChI is InChI=1S/C22H24N4O2/c27-22(23-11-12-26-13-15-28-16-14-26)18-8-5-17(6-9-18)7-10-21-19-3-1-2-4-20(19)24-25-21/h1-10H,11-16H2,(H,23,27)(H,24,25)/b10-7+. The maximum Gasteiger partial charge on any atom is 0.251 e. The van der Waals surface area contributed by atoms with Gasteiger partial charge in [-0.25, -0.2) is 0 Å². The molecule has 1 amide bonds. The molecule has 0 radical (unpaired) electrons. The Bertz CT molecular complexity index is 956. The van der Waals surface area contributed by atoms with Crippen LogP contribution in [-0.2, 0) is 4.74 Å². The topological polar surface area (TPSA) is 70.2 Å². The van der Waals surface area contributed by atoms with Crippen LogP contribution in [-0.4, -0.2) is 60.4 Å². The molecule has 6 nitrogen and oxygen atoms in total. The van der Waals surface area contributed by atoms with Gasteiger partial charge in [0.15, 0.2) is 0 Å². The van der Waals surface area contributed by atoms with Crippen molar-refractivity contribution in [2.75, 3.05) is 39.4 Å². The van der Waals surface area contributed by atoms with Crippen molar-refractivity contribution in [1.29, 1.82) is 0 Å². The molecule has 3 aromatic rings. The molecular weight excluding hydrogens is 352 g/mol. The SMILES string of the molecule is O=C(NCCN1CCOCC1)c1ccc(/C=C/c2n[nH]c3ccccc23)cc1. The molecule has 0 atom stereocenters. The minimum atomic E-state index is -0.0397. The van der Waals surface area contributed by atoms with E-state index < -0.39 is 0 Å². The molecule has 4 rings (SSSR count). The summed E-state index contributed by atoms with van der Waals surface area (Å²) in [6, 6.07) is 15.6. The van der Waals surface area contributed by atoms with Crippen molar-refractivity contribution in [3.63, 3.8) is 0 Å². The summed E-state index contributed by atoms with van der Waals surface area (Å²) < 4.78 is 5.33. The third-order valence-electron chi connectivity index (χ3n) is 4.92. The number of nitrogens with zero attached hydrogens (tertiary/aromatic N) is 2. The summed E-state index contributed by atoms with van der Waals surface area (Å²) in [6.45, 7) is 4.92. The van der Waals surface area contributed by atoms with Gasteiger partial charge >= 0.3 is 0 Å². The second-order valence-corrected chi connectivity index (χ2v) is 6.82. The van der Waals surface area contributed by atoms with Gasteiger partial charge in [-0.05, 0) is 29.8 Å².